The molecule has 5 rings (SSSR count). The van der Waals surface area contributed by atoms with Gasteiger partial charge in [-0.15, -0.1) is 11.3 Å². The number of nitrogens with one attached hydrogen (secondary N) is 1. The normalized spacial score (nSPS) is 12.8. The zero-order valence-corrected chi connectivity index (χ0v) is 21.1. The Labute approximate surface area is 213 Å². The minimum Gasteiger partial charge on any atom is -0.322 e. The van der Waals surface area contributed by atoms with Gasteiger partial charge < -0.3 is 5.32 Å². The first-order valence-corrected chi connectivity index (χ1v) is 12.6. The summed E-state index contributed by atoms with van der Waals surface area (Å²) >= 11 is 1.60. The topological polar surface area (TPSA) is 79.4 Å². The molecular weight excluding hydrogens is 470 g/mol. The van der Waals surface area contributed by atoms with E-state index in [1.807, 2.05) is 55.6 Å². The van der Waals surface area contributed by atoms with Crippen molar-refractivity contribution in [2.75, 3.05) is 11.9 Å². The van der Waals surface area contributed by atoms with Gasteiger partial charge in [0.1, 0.15) is 5.01 Å². The van der Waals surface area contributed by atoms with Crippen molar-refractivity contribution in [1.29, 1.82) is 0 Å². The molecule has 0 aliphatic carbocycles. The Kier molecular flexibility index (Phi) is 6.24. The lowest BCUT2D eigenvalue weighted by atomic mass is 10.1. The Balaban J connectivity index is 1.30. The third kappa shape index (κ3) is 4.45. The highest BCUT2D eigenvalue weighted by molar-refractivity contribution is 7.13. The van der Waals surface area contributed by atoms with E-state index in [9.17, 15) is 14.4 Å². The molecule has 7 heteroatoms. The van der Waals surface area contributed by atoms with Gasteiger partial charge in [-0.25, -0.2) is 4.98 Å². The largest absolute Gasteiger partial charge is 0.322 e. The summed E-state index contributed by atoms with van der Waals surface area (Å²) in [5.41, 5.74) is 5.71. The smallest absolute Gasteiger partial charge is 0.261 e. The second kappa shape index (κ2) is 9.51. The highest BCUT2D eigenvalue weighted by Gasteiger charge is 2.36. The number of aromatic nitrogens is 1. The first-order valence-electron chi connectivity index (χ1n) is 11.8. The molecular formula is C29H25N3O3S. The number of aryl methyl sites for hydroxylation is 1. The zero-order valence-electron chi connectivity index (χ0n) is 20.2. The van der Waals surface area contributed by atoms with Crippen LogP contribution in [0, 0.1) is 12.8 Å². The monoisotopic (exact) mass is 495 g/mol. The third-order valence-electron chi connectivity index (χ3n) is 6.10. The second-order valence-corrected chi connectivity index (χ2v) is 10.1. The molecule has 4 aromatic rings. The van der Waals surface area contributed by atoms with Gasteiger partial charge in [0, 0.05) is 34.3 Å². The summed E-state index contributed by atoms with van der Waals surface area (Å²) in [6.07, 6.45) is 0. The van der Waals surface area contributed by atoms with Gasteiger partial charge in [0.15, 0.2) is 0 Å². The molecule has 2 heterocycles. The van der Waals surface area contributed by atoms with Gasteiger partial charge in [-0.3, -0.25) is 19.3 Å². The van der Waals surface area contributed by atoms with E-state index in [-0.39, 0.29) is 29.2 Å². The zero-order chi connectivity index (χ0) is 25.4. The predicted octanol–water partition coefficient (Wildman–Crippen LogP) is 6.29. The van der Waals surface area contributed by atoms with E-state index in [2.05, 4.69) is 24.4 Å². The van der Waals surface area contributed by atoms with Crippen molar-refractivity contribution in [3.8, 4) is 21.8 Å². The molecule has 1 aromatic heterocycles. The van der Waals surface area contributed by atoms with Gasteiger partial charge in [0.2, 0.25) is 0 Å². The first kappa shape index (κ1) is 23.6. The summed E-state index contributed by atoms with van der Waals surface area (Å²) in [5, 5.41) is 5.87. The van der Waals surface area contributed by atoms with Crippen molar-refractivity contribution in [3.05, 3.63) is 94.4 Å². The quantitative estimate of drug-likeness (QED) is 0.319. The van der Waals surface area contributed by atoms with Crippen LogP contribution in [0.15, 0.2) is 72.1 Å². The number of fused-ring (bicyclic) bond motifs is 1. The maximum absolute atomic E-state index is 12.9. The van der Waals surface area contributed by atoms with E-state index < -0.39 is 0 Å². The average molecular weight is 496 g/mol. The Morgan fingerprint density at radius 1 is 0.944 bits per heavy atom. The lowest BCUT2D eigenvalue weighted by Gasteiger charge is -2.15. The number of nitrogens with zero attached hydrogens (tertiary/aromatic N) is 2. The van der Waals surface area contributed by atoms with E-state index >= 15 is 0 Å². The van der Waals surface area contributed by atoms with E-state index in [0.717, 1.165) is 21.8 Å². The van der Waals surface area contributed by atoms with Gasteiger partial charge in [0.05, 0.1) is 16.8 Å². The summed E-state index contributed by atoms with van der Waals surface area (Å²) in [4.78, 5) is 44.2. The highest BCUT2D eigenvalue weighted by atomic mass is 32.1. The Morgan fingerprint density at radius 3 is 2.39 bits per heavy atom. The predicted molar refractivity (Wildman–Crippen MR) is 142 cm³/mol. The number of carbonyl (C=O) groups is 3. The van der Waals surface area contributed by atoms with Gasteiger partial charge in [-0.1, -0.05) is 50.2 Å². The number of thiazole rings is 1. The van der Waals surface area contributed by atoms with Gasteiger partial charge in [0.25, 0.3) is 17.7 Å². The minimum atomic E-state index is -0.351. The fourth-order valence-electron chi connectivity index (χ4n) is 4.23. The number of anilines is 1. The third-order valence-corrected chi connectivity index (χ3v) is 6.97. The molecule has 180 valence electrons. The molecule has 1 aliphatic rings. The van der Waals surface area contributed by atoms with Crippen LogP contribution in [-0.2, 0) is 0 Å². The minimum absolute atomic E-state index is 0.163. The van der Waals surface area contributed by atoms with Crippen molar-refractivity contribution in [2.45, 2.75) is 20.8 Å². The summed E-state index contributed by atoms with van der Waals surface area (Å²) in [5.74, 6) is -0.838. The molecule has 0 saturated carbocycles. The fraction of sp³-hybridized carbons (Fsp3) is 0.172. The molecule has 0 fully saturated rings. The molecule has 0 bridgehead atoms. The molecule has 1 N–H and O–H groups in total. The Morgan fingerprint density at radius 2 is 1.67 bits per heavy atom. The number of amides is 3. The summed E-state index contributed by atoms with van der Waals surface area (Å²) in [6, 6.07) is 20.3. The van der Waals surface area contributed by atoms with E-state index in [1.165, 1.54) is 16.5 Å². The van der Waals surface area contributed by atoms with Crippen molar-refractivity contribution < 1.29 is 14.4 Å². The summed E-state index contributed by atoms with van der Waals surface area (Å²) in [6.45, 7) is 6.33. The second-order valence-electron chi connectivity index (χ2n) is 9.26. The molecule has 3 aromatic carbocycles. The van der Waals surface area contributed by atoms with Crippen LogP contribution in [0.2, 0.25) is 0 Å². The number of hydrogen-bond donors (Lipinski definition) is 1. The van der Waals surface area contributed by atoms with E-state index in [0.29, 0.717) is 23.4 Å². The summed E-state index contributed by atoms with van der Waals surface area (Å²) in [7, 11) is 0. The molecule has 0 atom stereocenters. The van der Waals surface area contributed by atoms with Gasteiger partial charge >= 0.3 is 0 Å². The van der Waals surface area contributed by atoms with E-state index in [4.69, 9.17) is 4.98 Å². The van der Waals surface area contributed by atoms with Crippen LogP contribution in [-0.4, -0.2) is 34.2 Å². The molecule has 6 nitrogen and oxygen atoms in total. The number of imide groups is 1. The number of rotatable bonds is 6. The van der Waals surface area contributed by atoms with Crippen molar-refractivity contribution >= 4 is 34.7 Å². The molecule has 0 saturated heterocycles. The van der Waals surface area contributed by atoms with Crippen LogP contribution >= 0.6 is 11.3 Å². The Bertz CT molecular complexity index is 1490. The fourth-order valence-corrected chi connectivity index (χ4v) is 5.15. The maximum Gasteiger partial charge on any atom is 0.261 e. The van der Waals surface area contributed by atoms with Crippen LogP contribution in [0.5, 0.6) is 0 Å². The molecule has 0 spiro atoms. The molecule has 0 unspecified atom stereocenters. The van der Waals surface area contributed by atoms with Gasteiger partial charge in [-0.05, 0) is 48.7 Å². The highest BCUT2D eigenvalue weighted by Crippen LogP contribution is 2.31. The maximum atomic E-state index is 12.9. The van der Waals surface area contributed by atoms with Crippen LogP contribution in [0.3, 0.4) is 0 Å². The molecule has 36 heavy (non-hydrogen) atoms. The Hall–Kier alpha value is -4.10. The van der Waals surface area contributed by atoms with Crippen LogP contribution in [0.4, 0.5) is 5.69 Å². The summed E-state index contributed by atoms with van der Waals surface area (Å²) < 4.78 is 0. The lowest BCUT2D eigenvalue weighted by molar-refractivity contribution is 0.0636. The van der Waals surface area contributed by atoms with Crippen LogP contribution in [0.25, 0.3) is 21.8 Å². The number of benzene rings is 3. The standard InChI is InChI=1S/C29H25N3O3S/c1-17(2)15-32-28(34)23-13-10-20(14-24(23)29(32)35)26(33)30-21-11-8-19(9-12-21)25-16-36-27(31-25)22-7-5-4-6-18(22)3/h4-14,16-17H,15H2,1-3H3,(H,30,33). The number of hydrogen-bond acceptors (Lipinski definition) is 5. The van der Waals surface area contributed by atoms with Crippen LogP contribution < -0.4 is 5.32 Å². The SMILES string of the molecule is Cc1ccccc1-c1nc(-c2ccc(NC(=O)c3ccc4c(c3)C(=O)N(CC(C)C)C4=O)cc2)cs1. The van der Waals surface area contributed by atoms with Crippen LogP contribution in [0.1, 0.15) is 50.5 Å². The molecule has 0 radical (unpaired) electrons. The van der Waals surface area contributed by atoms with Crippen molar-refractivity contribution in [2.24, 2.45) is 5.92 Å². The first-order chi connectivity index (χ1) is 17.3. The lowest BCUT2D eigenvalue weighted by Crippen LogP contribution is -2.33. The number of carbonyl (C=O) groups excluding carboxylic acids is 3. The molecule has 3 amide bonds. The van der Waals surface area contributed by atoms with E-state index in [1.54, 1.807) is 23.5 Å². The molecule has 1 aliphatic heterocycles. The van der Waals surface area contributed by atoms with Crippen molar-refractivity contribution in [3.63, 3.8) is 0 Å². The average Bonchev–Trinajstić information content (AvgIpc) is 3.44. The van der Waals surface area contributed by atoms with Gasteiger partial charge in [-0.2, -0.15) is 0 Å². The van der Waals surface area contributed by atoms with Crippen molar-refractivity contribution in [1.82, 2.24) is 9.88 Å².